The first kappa shape index (κ1) is 19.6. The Balaban J connectivity index is 1.70. The number of ether oxygens (including phenoxy) is 1. The summed E-state index contributed by atoms with van der Waals surface area (Å²) in [4.78, 5) is 13.3. The molecule has 7 heteroatoms. The van der Waals surface area contributed by atoms with Gasteiger partial charge in [0.2, 0.25) is 0 Å². The van der Waals surface area contributed by atoms with Gasteiger partial charge in [-0.25, -0.2) is 4.39 Å². The first-order valence-corrected chi connectivity index (χ1v) is 9.10. The van der Waals surface area contributed by atoms with Gasteiger partial charge in [-0.3, -0.25) is 9.69 Å². The van der Waals surface area contributed by atoms with Gasteiger partial charge in [0.25, 0.3) is 0 Å². The van der Waals surface area contributed by atoms with E-state index in [1.54, 1.807) is 18.2 Å². The van der Waals surface area contributed by atoms with Crippen LogP contribution < -0.4 is 4.74 Å². The van der Waals surface area contributed by atoms with Crippen molar-refractivity contribution in [3.8, 4) is 5.75 Å². The number of piperidine rings is 1. The number of hydrogen-bond donors (Lipinski definition) is 2. The molecule has 0 spiro atoms. The third-order valence-corrected chi connectivity index (χ3v) is 5.13. The zero-order valence-electron chi connectivity index (χ0n) is 14.6. The van der Waals surface area contributed by atoms with Gasteiger partial charge in [-0.1, -0.05) is 35.9 Å². The number of nitrogens with zero attached hydrogens (tertiary/aromatic N) is 1. The Kier molecular flexibility index (Phi) is 6.31. The molecule has 2 atom stereocenters. The number of hydrogen-bond acceptors (Lipinski definition) is 4. The number of para-hydroxylation sites is 1. The number of aliphatic hydroxyl groups excluding tert-OH is 1. The summed E-state index contributed by atoms with van der Waals surface area (Å²) in [6.45, 7) is 1.35. The van der Waals surface area contributed by atoms with Crippen molar-refractivity contribution < 1.29 is 24.1 Å². The Morgan fingerprint density at radius 3 is 2.78 bits per heavy atom. The summed E-state index contributed by atoms with van der Waals surface area (Å²) in [5.74, 6) is -1.63. The standard InChI is InChI=1S/C20H21ClFNO4/c21-16-5-3-6-17(22)15(16)12-27-19-7-2-1-4-13(19)10-23-9-8-18(24)14(11-23)20(25)26/h1-7,14,18,24H,8-12H2,(H,25,26)/t14-,18+/m1/s1. The summed E-state index contributed by atoms with van der Waals surface area (Å²) < 4.78 is 19.7. The summed E-state index contributed by atoms with van der Waals surface area (Å²) in [7, 11) is 0. The molecule has 3 rings (SSSR count). The minimum absolute atomic E-state index is 0.00101. The molecule has 2 aromatic carbocycles. The van der Waals surface area contributed by atoms with E-state index in [1.165, 1.54) is 6.07 Å². The van der Waals surface area contributed by atoms with Crippen LogP contribution in [0.5, 0.6) is 5.75 Å². The van der Waals surface area contributed by atoms with Crippen LogP contribution in [0.15, 0.2) is 42.5 Å². The van der Waals surface area contributed by atoms with Crippen LogP contribution in [0.2, 0.25) is 5.02 Å². The average molecular weight is 394 g/mol. The van der Waals surface area contributed by atoms with Crippen LogP contribution in [0.1, 0.15) is 17.5 Å². The number of halogens is 2. The summed E-state index contributed by atoms with van der Waals surface area (Å²) in [5, 5.41) is 19.4. The monoisotopic (exact) mass is 393 g/mol. The molecule has 0 aliphatic carbocycles. The third-order valence-electron chi connectivity index (χ3n) is 4.78. The Labute approximate surface area is 161 Å². The van der Waals surface area contributed by atoms with Crippen molar-refractivity contribution in [2.75, 3.05) is 13.1 Å². The predicted octanol–water partition coefficient (Wildman–Crippen LogP) is 3.33. The minimum atomic E-state index is -0.995. The summed E-state index contributed by atoms with van der Waals surface area (Å²) >= 11 is 6.04. The lowest BCUT2D eigenvalue weighted by molar-refractivity contribution is -0.149. The Bertz CT molecular complexity index is 796. The van der Waals surface area contributed by atoms with Gasteiger partial charge in [0, 0.05) is 30.8 Å². The zero-order valence-corrected chi connectivity index (χ0v) is 15.4. The van der Waals surface area contributed by atoms with Crippen LogP contribution in [0.3, 0.4) is 0 Å². The van der Waals surface area contributed by atoms with E-state index >= 15 is 0 Å². The second kappa shape index (κ2) is 8.69. The number of carbonyl (C=O) groups is 1. The normalized spacial score (nSPS) is 20.4. The molecule has 0 aromatic heterocycles. The third kappa shape index (κ3) is 4.77. The maximum Gasteiger partial charge on any atom is 0.310 e. The second-order valence-corrected chi connectivity index (χ2v) is 7.04. The molecule has 0 unspecified atom stereocenters. The van der Waals surface area contributed by atoms with E-state index < -0.39 is 23.8 Å². The van der Waals surface area contributed by atoms with Crippen LogP contribution in [-0.2, 0) is 17.9 Å². The van der Waals surface area contributed by atoms with Crippen LogP contribution in [0.4, 0.5) is 4.39 Å². The highest BCUT2D eigenvalue weighted by Crippen LogP contribution is 2.26. The lowest BCUT2D eigenvalue weighted by atomic mass is 9.94. The van der Waals surface area contributed by atoms with Gasteiger partial charge in [-0.2, -0.15) is 0 Å². The van der Waals surface area contributed by atoms with E-state index in [9.17, 15) is 19.4 Å². The molecule has 2 N–H and O–H groups in total. The average Bonchev–Trinajstić information content (AvgIpc) is 2.64. The number of benzene rings is 2. The van der Waals surface area contributed by atoms with Gasteiger partial charge < -0.3 is 14.9 Å². The SMILES string of the molecule is O=C(O)[C@@H]1CN(Cc2ccccc2OCc2c(F)cccc2Cl)CC[C@@H]1O. The zero-order chi connectivity index (χ0) is 19.4. The first-order valence-electron chi connectivity index (χ1n) is 8.72. The highest BCUT2D eigenvalue weighted by molar-refractivity contribution is 6.31. The summed E-state index contributed by atoms with van der Waals surface area (Å²) in [6, 6.07) is 11.9. The molecule has 1 heterocycles. The number of aliphatic carboxylic acids is 1. The Morgan fingerprint density at radius 1 is 1.26 bits per heavy atom. The summed E-state index contributed by atoms with van der Waals surface area (Å²) in [5.41, 5.74) is 1.16. The fraction of sp³-hybridized carbons (Fsp3) is 0.350. The minimum Gasteiger partial charge on any atom is -0.488 e. The molecule has 0 saturated carbocycles. The highest BCUT2D eigenvalue weighted by atomic mass is 35.5. The molecule has 144 valence electrons. The van der Waals surface area contributed by atoms with E-state index in [2.05, 4.69) is 0 Å². The molecule has 27 heavy (non-hydrogen) atoms. The van der Waals surface area contributed by atoms with Gasteiger partial charge in [0.15, 0.2) is 0 Å². The van der Waals surface area contributed by atoms with E-state index in [4.69, 9.17) is 16.3 Å². The van der Waals surface area contributed by atoms with Crippen molar-refractivity contribution in [2.45, 2.75) is 25.7 Å². The van der Waals surface area contributed by atoms with Gasteiger partial charge in [-0.05, 0) is 24.6 Å². The molecular formula is C20H21ClFNO4. The number of aliphatic hydroxyl groups is 1. The van der Waals surface area contributed by atoms with Crippen LogP contribution in [0, 0.1) is 11.7 Å². The predicted molar refractivity (Wildman–Crippen MR) is 99.2 cm³/mol. The van der Waals surface area contributed by atoms with Crippen molar-refractivity contribution in [3.05, 3.63) is 64.4 Å². The van der Waals surface area contributed by atoms with Crippen molar-refractivity contribution >= 4 is 17.6 Å². The van der Waals surface area contributed by atoms with E-state index in [1.807, 2.05) is 23.1 Å². The number of carboxylic acid groups (broad SMARTS) is 1. The second-order valence-electron chi connectivity index (χ2n) is 6.63. The smallest absolute Gasteiger partial charge is 0.310 e. The molecule has 1 aliphatic heterocycles. The van der Waals surface area contributed by atoms with Gasteiger partial charge in [0.1, 0.15) is 18.2 Å². The lowest BCUT2D eigenvalue weighted by Gasteiger charge is -2.34. The fourth-order valence-corrected chi connectivity index (χ4v) is 3.45. The largest absolute Gasteiger partial charge is 0.488 e. The molecule has 0 amide bonds. The maximum absolute atomic E-state index is 13.9. The molecule has 2 aromatic rings. The molecule has 1 aliphatic rings. The molecule has 1 saturated heterocycles. The van der Waals surface area contributed by atoms with E-state index in [0.29, 0.717) is 35.8 Å². The molecule has 1 fully saturated rings. The van der Waals surface area contributed by atoms with Crippen LogP contribution in [0.25, 0.3) is 0 Å². The molecular weight excluding hydrogens is 373 g/mol. The Hall–Kier alpha value is -2.15. The summed E-state index contributed by atoms with van der Waals surface area (Å²) in [6.07, 6.45) is -0.418. The highest BCUT2D eigenvalue weighted by Gasteiger charge is 2.33. The van der Waals surface area contributed by atoms with E-state index in [-0.39, 0.29) is 13.2 Å². The maximum atomic E-state index is 13.9. The van der Waals surface area contributed by atoms with Crippen LogP contribution in [-0.4, -0.2) is 40.3 Å². The first-order chi connectivity index (χ1) is 13.0. The Morgan fingerprint density at radius 2 is 2.04 bits per heavy atom. The number of likely N-dealkylation sites (tertiary alicyclic amines) is 1. The quantitative estimate of drug-likeness (QED) is 0.787. The van der Waals surface area contributed by atoms with Crippen LogP contribution >= 0.6 is 11.6 Å². The molecule has 0 bridgehead atoms. The number of rotatable bonds is 6. The van der Waals surface area contributed by atoms with Crippen molar-refractivity contribution in [3.63, 3.8) is 0 Å². The molecule has 0 radical (unpaired) electrons. The topological polar surface area (TPSA) is 70.0 Å². The van der Waals surface area contributed by atoms with Gasteiger partial charge >= 0.3 is 5.97 Å². The fourth-order valence-electron chi connectivity index (χ4n) is 3.23. The van der Waals surface area contributed by atoms with Gasteiger partial charge in [-0.15, -0.1) is 0 Å². The van der Waals surface area contributed by atoms with Crippen molar-refractivity contribution in [1.82, 2.24) is 4.90 Å². The lowest BCUT2D eigenvalue weighted by Crippen LogP contribution is -2.46. The van der Waals surface area contributed by atoms with E-state index in [0.717, 1.165) is 5.56 Å². The van der Waals surface area contributed by atoms with Gasteiger partial charge in [0.05, 0.1) is 17.0 Å². The van der Waals surface area contributed by atoms with Crippen molar-refractivity contribution in [2.24, 2.45) is 5.92 Å². The molecule has 5 nitrogen and oxygen atoms in total. The number of carboxylic acids is 1. The van der Waals surface area contributed by atoms with Crippen molar-refractivity contribution in [1.29, 1.82) is 0 Å².